The minimum absolute atomic E-state index is 0.125. The number of hydrogen-bond acceptors (Lipinski definition) is 4. The van der Waals surface area contributed by atoms with Crippen molar-refractivity contribution in [3.63, 3.8) is 0 Å². The maximum atomic E-state index is 12.1. The summed E-state index contributed by atoms with van der Waals surface area (Å²) in [4.78, 5) is 12.1. The number of nitrogens with zero attached hydrogens (tertiary/aromatic N) is 2. The number of benzene rings is 1. The van der Waals surface area contributed by atoms with Crippen molar-refractivity contribution in [2.75, 3.05) is 7.05 Å². The van der Waals surface area contributed by atoms with E-state index in [1.807, 2.05) is 37.3 Å². The van der Waals surface area contributed by atoms with Gasteiger partial charge in [-0.05, 0) is 6.92 Å². The smallest absolute Gasteiger partial charge is 0.286 e. The van der Waals surface area contributed by atoms with Gasteiger partial charge in [-0.2, -0.15) is 5.10 Å². The molecule has 0 saturated carbocycles. The molecule has 2 rings (SSSR count). The third-order valence-corrected chi connectivity index (χ3v) is 2.46. The van der Waals surface area contributed by atoms with E-state index in [1.54, 1.807) is 7.05 Å². The number of carbonyl (C=O) groups excluding carboxylic acids is 1. The van der Waals surface area contributed by atoms with Crippen molar-refractivity contribution < 1.29 is 4.79 Å². The van der Waals surface area contributed by atoms with Crippen LogP contribution in [-0.4, -0.2) is 29.8 Å². The summed E-state index contributed by atoms with van der Waals surface area (Å²) in [6.45, 7) is 1.86. The quantitative estimate of drug-likeness (QED) is 0.750. The zero-order chi connectivity index (χ0) is 11.5. The maximum absolute atomic E-state index is 12.1. The third kappa shape index (κ3) is 1.77. The lowest BCUT2D eigenvalue weighted by Crippen LogP contribution is -2.57. The molecule has 0 bridgehead atoms. The summed E-state index contributed by atoms with van der Waals surface area (Å²) >= 11 is 0. The first-order valence-electron chi connectivity index (χ1n) is 5.13. The molecule has 0 spiro atoms. The molecule has 1 unspecified atom stereocenters. The Morgan fingerprint density at radius 2 is 2.06 bits per heavy atom. The van der Waals surface area contributed by atoms with Gasteiger partial charge in [0, 0.05) is 12.6 Å². The van der Waals surface area contributed by atoms with Crippen LogP contribution in [0.3, 0.4) is 0 Å². The van der Waals surface area contributed by atoms with Crippen LogP contribution in [-0.2, 0) is 4.79 Å². The van der Waals surface area contributed by atoms with Crippen molar-refractivity contribution in [2.45, 2.75) is 13.1 Å². The van der Waals surface area contributed by atoms with Gasteiger partial charge < -0.3 is 0 Å². The van der Waals surface area contributed by atoms with E-state index in [4.69, 9.17) is 0 Å². The number of hydrazone groups is 1. The summed E-state index contributed by atoms with van der Waals surface area (Å²) in [5.74, 6) is -0.125. The highest BCUT2D eigenvalue weighted by Crippen LogP contribution is 2.08. The highest BCUT2D eigenvalue weighted by molar-refractivity contribution is 6.45. The van der Waals surface area contributed by atoms with E-state index in [0.717, 1.165) is 5.56 Å². The zero-order valence-electron chi connectivity index (χ0n) is 9.27. The Bertz CT molecular complexity index is 415. The minimum atomic E-state index is -0.148. The van der Waals surface area contributed by atoms with Crippen molar-refractivity contribution >= 4 is 11.6 Å². The number of rotatable bonds is 2. The summed E-state index contributed by atoms with van der Waals surface area (Å²) in [7, 11) is 1.71. The number of carbonyl (C=O) groups is 1. The average molecular weight is 218 g/mol. The summed E-state index contributed by atoms with van der Waals surface area (Å²) in [5.41, 5.74) is 6.97. The second kappa shape index (κ2) is 4.32. The number of nitrogens with one attached hydrogen (secondary N) is 2. The van der Waals surface area contributed by atoms with Gasteiger partial charge in [0.15, 0.2) is 5.71 Å². The van der Waals surface area contributed by atoms with E-state index >= 15 is 0 Å². The van der Waals surface area contributed by atoms with Crippen LogP contribution in [0, 0.1) is 0 Å². The molecular formula is C11H14N4O. The van der Waals surface area contributed by atoms with E-state index in [-0.39, 0.29) is 12.1 Å². The minimum Gasteiger partial charge on any atom is -0.286 e. The molecule has 0 fully saturated rings. The fourth-order valence-corrected chi connectivity index (χ4v) is 1.63. The summed E-state index contributed by atoms with van der Waals surface area (Å²) in [5, 5.41) is 5.60. The molecule has 1 atom stereocenters. The van der Waals surface area contributed by atoms with E-state index in [9.17, 15) is 4.79 Å². The first kappa shape index (κ1) is 10.6. The maximum Gasteiger partial charge on any atom is 0.290 e. The lowest BCUT2D eigenvalue weighted by Gasteiger charge is -2.31. The molecule has 1 aromatic carbocycles. The van der Waals surface area contributed by atoms with Gasteiger partial charge in [0.2, 0.25) is 0 Å². The highest BCUT2D eigenvalue weighted by Gasteiger charge is 2.28. The predicted molar refractivity (Wildman–Crippen MR) is 61.5 cm³/mol. The first-order valence-corrected chi connectivity index (χ1v) is 5.13. The van der Waals surface area contributed by atoms with Crippen LogP contribution in [0.15, 0.2) is 35.4 Å². The van der Waals surface area contributed by atoms with Gasteiger partial charge in [0.1, 0.15) is 6.17 Å². The molecule has 16 heavy (non-hydrogen) atoms. The van der Waals surface area contributed by atoms with Crippen LogP contribution in [0.2, 0.25) is 0 Å². The molecule has 84 valence electrons. The van der Waals surface area contributed by atoms with Gasteiger partial charge in [0.25, 0.3) is 5.91 Å². The van der Waals surface area contributed by atoms with Gasteiger partial charge >= 0.3 is 0 Å². The Kier molecular flexibility index (Phi) is 2.87. The lowest BCUT2D eigenvalue weighted by atomic mass is 10.1. The van der Waals surface area contributed by atoms with Gasteiger partial charge in [-0.15, -0.1) is 0 Å². The van der Waals surface area contributed by atoms with Gasteiger partial charge in [-0.1, -0.05) is 30.3 Å². The zero-order valence-corrected chi connectivity index (χ0v) is 9.27. The van der Waals surface area contributed by atoms with Crippen molar-refractivity contribution in [1.29, 1.82) is 0 Å². The molecule has 0 saturated heterocycles. The Morgan fingerprint density at radius 1 is 1.38 bits per heavy atom. The normalized spacial score (nSPS) is 20.4. The van der Waals surface area contributed by atoms with Crippen molar-refractivity contribution in [3.05, 3.63) is 35.9 Å². The molecule has 5 heteroatoms. The van der Waals surface area contributed by atoms with Gasteiger partial charge in [-0.3, -0.25) is 10.2 Å². The largest absolute Gasteiger partial charge is 0.290 e. The number of hydrogen-bond donors (Lipinski definition) is 2. The third-order valence-electron chi connectivity index (χ3n) is 2.46. The van der Waals surface area contributed by atoms with Gasteiger partial charge in [0.05, 0.1) is 0 Å². The molecule has 5 nitrogen and oxygen atoms in total. The fourth-order valence-electron chi connectivity index (χ4n) is 1.63. The topological polar surface area (TPSA) is 56.7 Å². The second-order valence-corrected chi connectivity index (χ2v) is 3.53. The Balaban J connectivity index is 2.33. The van der Waals surface area contributed by atoms with Crippen molar-refractivity contribution in [2.24, 2.45) is 5.10 Å². The summed E-state index contributed by atoms with van der Waals surface area (Å²) in [6, 6.07) is 9.40. The van der Waals surface area contributed by atoms with E-state index in [1.165, 1.54) is 5.01 Å². The fraction of sp³-hybridized carbons (Fsp3) is 0.273. The van der Waals surface area contributed by atoms with Gasteiger partial charge in [-0.25, -0.2) is 10.4 Å². The molecule has 0 aromatic heterocycles. The van der Waals surface area contributed by atoms with Crippen LogP contribution < -0.4 is 10.9 Å². The van der Waals surface area contributed by atoms with Crippen LogP contribution in [0.1, 0.15) is 12.5 Å². The molecular weight excluding hydrogens is 204 g/mol. The van der Waals surface area contributed by atoms with Crippen LogP contribution in [0.5, 0.6) is 0 Å². The van der Waals surface area contributed by atoms with Crippen LogP contribution in [0.4, 0.5) is 0 Å². The molecule has 1 aromatic rings. The number of hydrazine groups is 1. The first-order chi connectivity index (χ1) is 7.74. The summed E-state index contributed by atoms with van der Waals surface area (Å²) in [6.07, 6.45) is -0.148. The molecule has 1 aliphatic heterocycles. The Morgan fingerprint density at radius 3 is 2.69 bits per heavy atom. The monoisotopic (exact) mass is 218 g/mol. The SMILES string of the molecule is CNN1C(=O)C(c2ccccc2)=NNC1C. The molecule has 1 aliphatic rings. The molecule has 0 aliphatic carbocycles. The highest BCUT2D eigenvalue weighted by atomic mass is 16.2. The van der Waals surface area contributed by atoms with E-state index < -0.39 is 0 Å². The van der Waals surface area contributed by atoms with E-state index in [2.05, 4.69) is 16.0 Å². The molecule has 0 radical (unpaired) electrons. The molecule has 1 heterocycles. The molecule has 1 amide bonds. The second-order valence-electron chi connectivity index (χ2n) is 3.53. The summed E-state index contributed by atoms with van der Waals surface area (Å²) < 4.78 is 0. The van der Waals surface area contributed by atoms with E-state index in [0.29, 0.717) is 5.71 Å². The standard InChI is InChI=1S/C11H14N4O/c1-8-13-14-10(11(16)15(8)12-2)9-6-4-3-5-7-9/h3-8,12-13H,1-2H3. The van der Waals surface area contributed by atoms with Crippen LogP contribution >= 0.6 is 0 Å². The Labute approximate surface area is 94.1 Å². The predicted octanol–water partition coefficient (Wildman–Crippen LogP) is 0.303. The lowest BCUT2D eigenvalue weighted by molar-refractivity contribution is -0.130. The molecule has 2 N–H and O–H groups in total. The Hall–Kier alpha value is -1.88. The average Bonchev–Trinajstić information content (AvgIpc) is 2.31. The van der Waals surface area contributed by atoms with Crippen LogP contribution in [0.25, 0.3) is 0 Å². The van der Waals surface area contributed by atoms with Crippen molar-refractivity contribution in [1.82, 2.24) is 15.9 Å². The number of amides is 1. The van der Waals surface area contributed by atoms with Crippen molar-refractivity contribution in [3.8, 4) is 0 Å².